The summed E-state index contributed by atoms with van der Waals surface area (Å²) in [5, 5.41) is 0. The molecule has 0 fully saturated rings. The minimum Gasteiger partial charge on any atom is -0.477 e. The number of ether oxygens (including phenoxy) is 1. The number of aldehydes is 1. The largest absolute Gasteiger partial charge is 0.477 e. The van der Waals surface area contributed by atoms with Gasteiger partial charge < -0.3 is 14.4 Å². The van der Waals surface area contributed by atoms with Gasteiger partial charge in [-0.05, 0) is 45.4 Å². The van der Waals surface area contributed by atoms with Gasteiger partial charge in [0.2, 0.25) is 0 Å². The summed E-state index contributed by atoms with van der Waals surface area (Å²) in [6, 6.07) is 6.02. The third-order valence-electron chi connectivity index (χ3n) is 4.41. The molecule has 1 heterocycles. The summed E-state index contributed by atoms with van der Waals surface area (Å²) >= 11 is 0. The third kappa shape index (κ3) is 4.28. The van der Waals surface area contributed by atoms with E-state index in [0.717, 1.165) is 41.8 Å². The highest BCUT2D eigenvalue weighted by Crippen LogP contribution is 2.35. The second-order valence-electron chi connectivity index (χ2n) is 6.03. The van der Waals surface area contributed by atoms with Gasteiger partial charge in [-0.1, -0.05) is 6.58 Å². The number of Topliss-reactive ketones (excluding diaryl/α,β-unsaturated/α-hetero) is 1. The van der Waals surface area contributed by atoms with Crippen molar-refractivity contribution in [3.8, 4) is 5.75 Å². The standard InChI is InChI=1S/C21H25NO3/c1-5-16(9-8-15(4)24)19-12-17-10-11-18(22(6-2)7-3)13-20(17)25-21(19)14-23/h10-14,21H,1,6-9H2,2-4H3. The Labute approximate surface area is 149 Å². The fraction of sp³-hybridized carbons (Fsp3) is 0.381. The van der Waals surface area contributed by atoms with E-state index in [9.17, 15) is 9.59 Å². The van der Waals surface area contributed by atoms with E-state index >= 15 is 0 Å². The van der Waals surface area contributed by atoms with Crippen molar-refractivity contribution in [2.45, 2.75) is 39.7 Å². The quantitative estimate of drug-likeness (QED) is 0.531. The molecule has 0 radical (unpaired) electrons. The highest BCUT2D eigenvalue weighted by Gasteiger charge is 2.25. The second kappa shape index (κ2) is 8.50. The normalized spacial score (nSPS) is 15.3. The molecule has 25 heavy (non-hydrogen) atoms. The van der Waals surface area contributed by atoms with Gasteiger partial charge >= 0.3 is 0 Å². The first-order valence-corrected chi connectivity index (χ1v) is 8.65. The smallest absolute Gasteiger partial charge is 0.180 e. The van der Waals surface area contributed by atoms with Gasteiger partial charge in [-0.25, -0.2) is 0 Å². The zero-order valence-electron chi connectivity index (χ0n) is 15.2. The minimum atomic E-state index is -0.698. The van der Waals surface area contributed by atoms with E-state index in [4.69, 9.17) is 4.74 Å². The van der Waals surface area contributed by atoms with Crippen molar-refractivity contribution in [3.63, 3.8) is 0 Å². The molecule has 2 rings (SSSR count). The summed E-state index contributed by atoms with van der Waals surface area (Å²) in [5.41, 5.74) is 6.34. The number of hydrogen-bond donors (Lipinski definition) is 0. The van der Waals surface area contributed by atoms with Gasteiger partial charge in [-0.2, -0.15) is 0 Å². The molecule has 1 aliphatic rings. The molecule has 4 heteroatoms. The number of nitrogens with zero attached hydrogens (tertiary/aromatic N) is 1. The van der Waals surface area contributed by atoms with Gasteiger partial charge in [0.15, 0.2) is 12.4 Å². The van der Waals surface area contributed by atoms with Crippen LogP contribution in [0.3, 0.4) is 0 Å². The van der Waals surface area contributed by atoms with Gasteiger partial charge in [0.1, 0.15) is 11.5 Å². The van der Waals surface area contributed by atoms with Crippen LogP contribution in [0.25, 0.3) is 6.08 Å². The van der Waals surface area contributed by atoms with Crippen molar-refractivity contribution in [3.05, 3.63) is 47.2 Å². The molecule has 0 aromatic heterocycles. The van der Waals surface area contributed by atoms with Crippen LogP contribution in [0.4, 0.5) is 5.69 Å². The summed E-state index contributed by atoms with van der Waals surface area (Å²) in [6.07, 6.45) is 2.93. The number of ketones is 1. The average molecular weight is 339 g/mol. The molecule has 0 N–H and O–H groups in total. The molecule has 1 aromatic rings. The minimum absolute atomic E-state index is 0.0944. The number of carbonyl (C=O) groups is 2. The van der Waals surface area contributed by atoms with Crippen LogP contribution in [0.2, 0.25) is 0 Å². The maximum absolute atomic E-state index is 11.6. The van der Waals surface area contributed by atoms with E-state index in [0.29, 0.717) is 18.6 Å². The Balaban J connectivity index is 2.39. The molecular formula is C21H25NO3. The van der Waals surface area contributed by atoms with Crippen molar-refractivity contribution in [1.82, 2.24) is 0 Å². The molecular weight excluding hydrogens is 314 g/mol. The molecule has 0 saturated carbocycles. The number of anilines is 1. The maximum Gasteiger partial charge on any atom is 0.180 e. The Bertz CT molecular complexity index is 738. The maximum atomic E-state index is 11.6. The Hall–Kier alpha value is -2.58. The zero-order valence-corrected chi connectivity index (χ0v) is 15.2. The summed E-state index contributed by atoms with van der Waals surface area (Å²) in [4.78, 5) is 25.1. The molecule has 1 aliphatic heterocycles. The second-order valence-corrected chi connectivity index (χ2v) is 6.03. The summed E-state index contributed by atoms with van der Waals surface area (Å²) < 4.78 is 5.93. The monoisotopic (exact) mass is 339 g/mol. The van der Waals surface area contributed by atoms with Crippen LogP contribution in [0, 0.1) is 0 Å². The van der Waals surface area contributed by atoms with E-state index in [1.807, 2.05) is 18.2 Å². The van der Waals surface area contributed by atoms with Gasteiger partial charge in [0, 0.05) is 48.0 Å². The Morgan fingerprint density at radius 2 is 2.04 bits per heavy atom. The number of fused-ring (bicyclic) bond motifs is 1. The summed E-state index contributed by atoms with van der Waals surface area (Å²) in [6.45, 7) is 11.3. The molecule has 4 nitrogen and oxygen atoms in total. The van der Waals surface area contributed by atoms with Crippen LogP contribution in [0.5, 0.6) is 5.75 Å². The van der Waals surface area contributed by atoms with Gasteiger partial charge in [-0.15, -0.1) is 5.73 Å². The SMILES string of the molecule is C=C=C(CCC(C)=O)C1=Cc2ccc(N(CC)CC)cc2OC1C=O. The number of hydrogen-bond acceptors (Lipinski definition) is 4. The summed E-state index contributed by atoms with van der Waals surface area (Å²) in [7, 11) is 0. The predicted molar refractivity (Wildman–Crippen MR) is 101 cm³/mol. The lowest BCUT2D eigenvalue weighted by Gasteiger charge is -2.27. The number of carbonyl (C=O) groups excluding carboxylic acids is 2. The number of benzene rings is 1. The lowest BCUT2D eigenvalue weighted by molar-refractivity contribution is -0.117. The Morgan fingerprint density at radius 3 is 2.60 bits per heavy atom. The molecule has 0 bridgehead atoms. The molecule has 1 unspecified atom stereocenters. The third-order valence-corrected chi connectivity index (χ3v) is 4.41. The van der Waals surface area contributed by atoms with Crippen molar-refractivity contribution >= 4 is 23.8 Å². The van der Waals surface area contributed by atoms with Crippen LogP contribution in [-0.2, 0) is 9.59 Å². The van der Waals surface area contributed by atoms with E-state index in [1.165, 1.54) is 0 Å². The average Bonchev–Trinajstić information content (AvgIpc) is 2.62. The predicted octanol–water partition coefficient (Wildman–Crippen LogP) is 3.96. The van der Waals surface area contributed by atoms with Crippen LogP contribution in [0.1, 0.15) is 39.2 Å². The van der Waals surface area contributed by atoms with E-state index in [2.05, 4.69) is 37.1 Å². The van der Waals surface area contributed by atoms with Crippen LogP contribution >= 0.6 is 0 Å². The van der Waals surface area contributed by atoms with Crippen LogP contribution < -0.4 is 9.64 Å². The van der Waals surface area contributed by atoms with Crippen molar-refractivity contribution in [2.75, 3.05) is 18.0 Å². The molecule has 0 spiro atoms. The number of rotatable bonds is 8. The van der Waals surface area contributed by atoms with Gasteiger partial charge in [0.05, 0.1) is 0 Å². The van der Waals surface area contributed by atoms with E-state index in [-0.39, 0.29) is 5.78 Å². The first kappa shape index (κ1) is 18.8. The zero-order chi connectivity index (χ0) is 18.4. The fourth-order valence-corrected chi connectivity index (χ4v) is 2.98. The molecule has 0 aliphatic carbocycles. The first-order chi connectivity index (χ1) is 12.0. The topological polar surface area (TPSA) is 46.6 Å². The molecule has 132 valence electrons. The Kier molecular flexibility index (Phi) is 6.37. The van der Waals surface area contributed by atoms with Crippen LogP contribution in [-0.4, -0.2) is 31.3 Å². The Morgan fingerprint density at radius 1 is 1.32 bits per heavy atom. The van der Waals surface area contributed by atoms with Gasteiger partial charge in [-0.3, -0.25) is 4.79 Å². The highest BCUT2D eigenvalue weighted by atomic mass is 16.5. The lowest BCUT2D eigenvalue weighted by Crippen LogP contribution is -2.26. The lowest BCUT2D eigenvalue weighted by atomic mass is 9.92. The molecule has 1 aromatic carbocycles. The van der Waals surface area contributed by atoms with Gasteiger partial charge in [0.25, 0.3) is 0 Å². The molecule has 0 saturated heterocycles. The van der Waals surface area contributed by atoms with E-state index < -0.39 is 6.10 Å². The van der Waals surface area contributed by atoms with E-state index in [1.54, 1.807) is 6.92 Å². The van der Waals surface area contributed by atoms with Crippen molar-refractivity contribution < 1.29 is 14.3 Å². The molecule has 0 amide bonds. The fourth-order valence-electron chi connectivity index (χ4n) is 2.98. The van der Waals surface area contributed by atoms with Crippen molar-refractivity contribution in [2.24, 2.45) is 0 Å². The highest BCUT2D eigenvalue weighted by molar-refractivity contribution is 5.79. The van der Waals surface area contributed by atoms with Crippen LogP contribution in [0.15, 0.2) is 41.7 Å². The van der Waals surface area contributed by atoms with Crippen molar-refractivity contribution in [1.29, 1.82) is 0 Å². The molecule has 1 atom stereocenters. The summed E-state index contributed by atoms with van der Waals surface area (Å²) in [5.74, 6) is 0.789. The first-order valence-electron chi connectivity index (χ1n) is 8.65.